The molecule has 27 heavy (non-hydrogen) atoms. The van der Waals surface area contributed by atoms with Crippen molar-refractivity contribution in [3.8, 4) is 0 Å². The number of likely N-dealkylation sites (tertiary alicyclic amines) is 1. The van der Waals surface area contributed by atoms with Crippen molar-refractivity contribution in [2.24, 2.45) is 5.92 Å². The Hall–Kier alpha value is -2.14. The van der Waals surface area contributed by atoms with Gasteiger partial charge < -0.3 is 14.9 Å². The van der Waals surface area contributed by atoms with Crippen molar-refractivity contribution in [1.82, 2.24) is 4.90 Å². The number of hydrogen-bond donors (Lipinski definition) is 1. The maximum Gasteiger partial charge on any atom is 0.225 e. The summed E-state index contributed by atoms with van der Waals surface area (Å²) in [5.41, 5.74) is 2.14. The second-order valence-corrected chi connectivity index (χ2v) is 8.17. The van der Waals surface area contributed by atoms with Gasteiger partial charge in [-0.3, -0.25) is 9.59 Å². The monoisotopic (exact) mass is 368 g/mol. The highest BCUT2D eigenvalue weighted by Gasteiger charge is 2.52. The molecule has 1 amide bonds. The van der Waals surface area contributed by atoms with Gasteiger partial charge in [-0.2, -0.15) is 0 Å². The Morgan fingerprint density at radius 2 is 1.89 bits per heavy atom. The van der Waals surface area contributed by atoms with Crippen molar-refractivity contribution in [3.63, 3.8) is 0 Å². The largest absolute Gasteiger partial charge is 0.388 e. The summed E-state index contributed by atoms with van der Waals surface area (Å²) < 4.78 is 0. The molecule has 1 N–H and O–H groups in total. The molecule has 3 fully saturated rings. The van der Waals surface area contributed by atoms with Gasteiger partial charge in [0.2, 0.25) is 5.91 Å². The third kappa shape index (κ3) is 3.41. The zero-order valence-electron chi connectivity index (χ0n) is 15.8. The van der Waals surface area contributed by atoms with E-state index in [1.54, 1.807) is 6.08 Å². The van der Waals surface area contributed by atoms with Gasteiger partial charge in [-0.25, -0.2) is 0 Å². The minimum atomic E-state index is -0.468. The Bertz CT molecular complexity index is 746. The summed E-state index contributed by atoms with van der Waals surface area (Å²) in [7, 11) is 0. The van der Waals surface area contributed by atoms with Crippen molar-refractivity contribution in [3.05, 3.63) is 35.9 Å². The number of amides is 1. The first kappa shape index (κ1) is 18.2. The molecule has 0 unspecified atom stereocenters. The number of para-hydroxylation sites is 1. The first-order valence-electron chi connectivity index (χ1n) is 10.1. The second-order valence-electron chi connectivity index (χ2n) is 8.17. The van der Waals surface area contributed by atoms with Gasteiger partial charge in [-0.1, -0.05) is 31.0 Å². The normalized spacial score (nSPS) is 22.0. The van der Waals surface area contributed by atoms with E-state index < -0.39 is 6.61 Å². The maximum atomic E-state index is 12.7. The fourth-order valence-electron chi connectivity index (χ4n) is 5.00. The molecule has 0 bridgehead atoms. The predicted octanol–water partition coefficient (Wildman–Crippen LogP) is 2.63. The lowest BCUT2D eigenvalue weighted by molar-refractivity contribution is -0.142. The number of carbonyl (C=O) groups is 2. The third-order valence-electron chi connectivity index (χ3n) is 6.42. The number of aliphatic hydroxyl groups excluding tert-OH is 1. The van der Waals surface area contributed by atoms with Gasteiger partial charge >= 0.3 is 0 Å². The minimum absolute atomic E-state index is 0.0409. The topological polar surface area (TPSA) is 60.9 Å². The quantitative estimate of drug-likeness (QED) is 0.812. The lowest BCUT2D eigenvalue weighted by Crippen LogP contribution is -2.70. The lowest BCUT2D eigenvalue weighted by atomic mass is 9.85. The number of benzene rings is 1. The third-order valence-corrected chi connectivity index (χ3v) is 6.42. The van der Waals surface area contributed by atoms with Crippen molar-refractivity contribution in [1.29, 1.82) is 0 Å². The van der Waals surface area contributed by atoms with Crippen LogP contribution in [-0.2, 0) is 9.59 Å². The molecule has 1 aromatic rings. The average Bonchev–Trinajstić information content (AvgIpc) is 3.34. The minimum Gasteiger partial charge on any atom is -0.388 e. The Morgan fingerprint density at radius 1 is 1.15 bits per heavy atom. The second kappa shape index (κ2) is 7.47. The summed E-state index contributed by atoms with van der Waals surface area (Å²) in [5.74, 6) is 0.307. The van der Waals surface area contributed by atoms with E-state index in [2.05, 4.69) is 15.9 Å². The number of anilines is 1. The van der Waals surface area contributed by atoms with Crippen LogP contribution in [-0.4, -0.2) is 53.5 Å². The SMILES string of the molecule is O=C(/C=C/c1ccccc1N1CCCC12CN(C(=O)C1CCCC1)C2)CO. The summed E-state index contributed by atoms with van der Waals surface area (Å²) in [6.45, 7) is 2.14. The number of rotatable bonds is 5. The smallest absolute Gasteiger partial charge is 0.225 e. The van der Waals surface area contributed by atoms with Crippen molar-refractivity contribution in [2.45, 2.75) is 44.1 Å². The van der Waals surface area contributed by atoms with Gasteiger partial charge in [0.05, 0.1) is 5.54 Å². The van der Waals surface area contributed by atoms with Crippen molar-refractivity contribution >= 4 is 23.5 Å². The molecule has 2 heterocycles. The number of aliphatic hydroxyl groups is 1. The van der Waals surface area contributed by atoms with E-state index in [0.29, 0.717) is 5.91 Å². The zero-order valence-corrected chi connectivity index (χ0v) is 15.8. The van der Waals surface area contributed by atoms with E-state index in [1.165, 1.54) is 18.9 Å². The molecule has 1 spiro atoms. The van der Waals surface area contributed by atoms with Gasteiger partial charge in [-0.05, 0) is 49.5 Å². The number of hydrogen-bond acceptors (Lipinski definition) is 4. The molecular formula is C22H28N2O3. The molecule has 1 aliphatic carbocycles. The Kier molecular flexibility index (Phi) is 5.04. The lowest BCUT2D eigenvalue weighted by Gasteiger charge is -2.54. The molecule has 144 valence electrons. The van der Waals surface area contributed by atoms with Crippen LogP contribution < -0.4 is 4.90 Å². The highest BCUT2D eigenvalue weighted by Crippen LogP contribution is 2.43. The summed E-state index contributed by atoms with van der Waals surface area (Å²) in [5, 5.41) is 8.95. The van der Waals surface area contributed by atoms with Crippen LogP contribution in [0.15, 0.2) is 30.3 Å². The fourth-order valence-corrected chi connectivity index (χ4v) is 5.00. The van der Waals surface area contributed by atoms with Gasteiger partial charge in [0.15, 0.2) is 5.78 Å². The fraction of sp³-hybridized carbons (Fsp3) is 0.545. The van der Waals surface area contributed by atoms with E-state index in [0.717, 1.165) is 56.6 Å². The van der Waals surface area contributed by atoms with Gasteiger partial charge in [0, 0.05) is 31.2 Å². The Morgan fingerprint density at radius 3 is 2.63 bits per heavy atom. The molecular weight excluding hydrogens is 340 g/mol. The number of ketones is 1. The Balaban J connectivity index is 1.51. The van der Waals surface area contributed by atoms with Crippen LogP contribution >= 0.6 is 0 Å². The first-order valence-corrected chi connectivity index (χ1v) is 10.1. The van der Waals surface area contributed by atoms with Gasteiger partial charge in [-0.15, -0.1) is 0 Å². The predicted molar refractivity (Wildman–Crippen MR) is 105 cm³/mol. The molecule has 5 nitrogen and oxygen atoms in total. The first-order chi connectivity index (χ1) is 13.1. The molecule has 1 saturated carbocycles. The van der Waals surface area contributed by atoms with Crippen LogP contribution in [0.5, 0.6) is 0 Å². The van der Waals surface area contributed by atoms with E-state index in [1.807, 2.05) is 18.2 Å². The summed E-state index contributed by atoms with van der Waals surface area (Å²) in [6, 6.07) is 8.08. The van der Waals surface area contributed by atoms with Gasteiger partial charge in [0.1, 0.15) is 6.61 Å². The molecule has 2 saturated heterocycles. The molecule has 3 aliphatic rings. The molecule has 4 rings (SSSR count). The van der Waals surface area contributed by atoms with E-state index in [9.17, 15) is 9.59 Å². The molecule has 0 atom stereocenters. The van der Waals surface area contributed by atoms with Crippen LogP contribution in [0.4, 0.5) is 5.69 Å². The molecule has 1 aromatic carbocycles. The summed E-state index contributed by atoms with van der Waals surface area (Å²) >= 11 is 0. The van der Waals surface area contributed by atoms with Crippen molar-refractivity contribution in [2.75, 3.05) is 31.1 Å². The zero-order chi connectivity index (χ0) is 18.9. The van der Waals surface area contributed by atoms with Crippen LogP contribution in [0.3, 0.4) is 0 Å². The molecule has 0 aromatic heterocycles. The molecule has 0 radical (unpaired) electrons. The molecule has 2 aliphatic heterocycles. The Labute approximate surface area is 160 Å². The highest BCUT2D eigenvalue weighted by molar-refractivity contribution is 5.95. The van der Waals surface area contributed by atoms with E-state index in [-0.39, 0.29) is 17.2 Å². The van der Waals surface area contributed by atoms with Crippen LogP contribution in [0, 0.1) is 5.92 Å². The summed E-state index contributed by atoms with van der Waals surface area (Å²) in [4.78, 5) is 28.7. The summed E-state index contributed by atoms with van der Waals surface area (Å²) in [6.07, 6.45) is 9.95. The highest BCUT2D eigenvalue weighted by atomic mass is 16.3. The number of nitrogens with zero attached hydrogens (tertiary/aromatic N) is 2. The molecule has 5 heteroatoms. The number of carbonyl (C=O) groups excluding carboxylic acids is 2. The average molecular weight is 368 g/mol. The van der Waals surface area contributed by atoms with E-state index >= 15 is 0 Å². The van der Waals surface area contributed by atoms with Crippen molar-refractivity contribution < 1.29 is 14.7 Å². The maximum absolute atomic E-state index is 12.7. The van der Waals surface area contributed by atoms with E-state index in [4.69, 9.17) is 5.11 Å². The van der Waals surface area contributed by atoms with Crippen LogP contribution in [0.1, 0.15) is 44.1 Å². The standard InChI is InChI=1S/C22H28N2O3/c25-14-19(26)11-10-17-6-3-4-9-20(17)24-13-5-12-22(24)15-23(16-22)21(27)18-7-1-2-8-18/h3-4,6,9-11,18,25H,1-2,5,7-8,12-16H2/b11-10+. The van der Waals surface area contributed by atoms with Crippen LogP contribution in [0.2, 0.25) is 0 Å². The van der Waals surface area contributed by atoms with Gasteiger partial charge in [0.25, 0.3) is 0 Å². The van der Waals surface area contributed by atoms with Crippen LogP contribution in [0.25, 0.3) is 6.08 Å².